The van der Waals surface area contributed by atoms with Crippen molar-refractivity contribution in [2.24, 2.45) is 0 Å². The fraction of sp³-hybridized carbons (Fsp3) is 0.413. The summed E-state index contributed by atoms with van der Waals surface area (Å²) in [5.41, 5.74) is 11.5. The normalized spacial score (nSPS) is 22.6. The molecule has 5 aromatic rings. The van der Waals surface area contributed by atoms with Crippen LogP contribution in [0.5, 0.6) is 11.5 Å². The zero-order valence-electron chi connectivity index (χ0n) is 35.0. The summed E-state index contributed by atoms with van der Waals surface area (Å²) in [6.07, 6.45) is 4.09. The van der Waals surface area contributed by atoms with Crippen LogP contribution in [0.1, 0.15) is 47.6 Å². The Kier molecular flexibility index (Phi) is 9.94. The lowest BCUT2D eigenvalue weighted by atomic mass is 9.99. The molecule has 17 nitrogen and oxygen atoms in total. The molecule has 2 atom stereocenters. The van der Waals surface area contributed by atoms with E-state index in [2.05, 4.69) is 36.1 Å². The zero-order valence-corrected chi connectivity index (χ0v) is 35.0. The number of amides is 5. The molecule has 5 saturated heterocycles. The predicted molar refractivity (Wildman–Crippen MR) is 234 cm³/mol. The van der Waals surface area contributed by atoms with Gasteiger partial charge < -0.3 is 30.1 Å². The number of hydrogen-bond acceptors (Lipinski definition) is 12. The molecular formula is C46H50N12O5. The molecule has 11 rings (SSSR count). The van der Waals surface area contributed by atoms with E-state index < -0.39 is 11.9 Å². The van der Waals surface area contributed by atoms with Crippen molar-refractivity contribution in [2.75, 3.05) is 76.1 Å². The van der Waals surface area contributed by atoms with Gasteiger partial charge in [0.05, 0.1) is 11.4 Å². The fourth-order valence-electron chi connectivity index (χ4n) is 10.3. The minimum Gasteiger partial charge on any atom is -0.457 e. The van der Waals surface area contributed by atoms with Crippen molar-refractivity contribution in [3.05, 3.63) is 90.3 Å². The third-order valence-electron chi connectivity index (χ3n) is 13.9. The molecule has 5 amide bonds. The molecule has 0 saturated carbocycles. The second kappa shape index (κ2) is 16.0. The highest BCUT2D eigenvalue weighted by atomic mass is 16.5. The first-order valence-corrected chi connectivity index (χ1v) is 22.1. The Morgan fingerprint density at radius 1 is 0.762 bits per heavy atom. The summed E-state index contributed by atoms with van der Waals surface area (Å²) in [4.78, 5) is 72.8. The van der Waals surface area contributed by atoms with Crippen LogP contribution in [-0.2, 0) is 16.1 Å². The molecule has 2 aromatic heterocycles. The number of aromatic nitrogens is 4. The number of nitrogens with two attached hydrogens (primary N) is 1. The zero-order chi connectivity index (χ0) is 42.8. The number of ether oxygens (including phenoxy) is 1. The van der Waals surface area contributed by atoms with Crippen molar-refractivity contribution in [1.82, 2.24) is 49.6 Å². The van der Waals surface area contributed by atoms with Gasteiger partial charge >= 0.3 is 6.03 Å². The third-order valence-corrected chi connectivity index (χ3v) is 13.9. The molecule has 5 fully saturated rings. The van der Waals surface area contributed by atoms with Gasteiger partial charge in [-0.05, 0) is 86.0 Å². The molecule has 0 spiro atoms. The maximum absolute atomic E-state index is 13.6. The number of piperazine rings is 1. The Balaban J connectivity index is 0.661. The highest BCUT2D eigenvalue weighted by Crippen LogP contribution is 2.37. The van der Waals surface area contributed by atoms with E-state index in [1.165, 1.54) is 6.33 Å². The van der Waals surface area contributed by atoms with Crippen molar-refractivity contribution in [2.45, 2.75) is 56.4 Å². The van der Waals surface area contributed by atoms with Crippen LogP contribution in [0.25, 0.3) is 22.3 Å². The molecule has 6 aliphatic heterocycles. The lowest BCUT2D eigenvalue weighted by Gasteiger charge is -2.53. The predicted octanol–water partition coefficient (Wildman–Crippen LogP) is 3.58. The molecule has 3 aromatic carbocycles. The molecule has 6 aliphatic rings. The number of para-hydroxylation sites is 1. The molecule has 0 radical (unpaired) electrons. The lowest BCUT2D eigenvalue weighted by Crippen LogP contribution is -2.70. The van der Waals surface area contributed by atoms with Crippen LogP contribution >= 0.6 is 0 Å². The Bertz CT molecular complexity index is 2580. The Labute approximate surface area is 364 Å². The minimum absolute atomic E-state index is 0.105. The van der Waals surface area contributed by atoms with Crippen molar-refractivity contribution in [3.8, 4) is 22.8 Å². The van der Waals surface area contributed by atoms with E-state index in [1.54, 1.807) is 4.90 Å². The second-order valence-corrected chi connectivity index (χ2v) is 17.6. The second-order valence-electron chi connectivity index (χ2n) is 17.6. The number of hydrogen-bond donors (Lipinski definition) is 2. The number of piperidine rings is 2. The van der Waals surface area contributed by atoms with Crippen molar-refractivity contribution in [1.29, 1.82) is 0 Å². The van der Waals surface area contributed by atoms with E-state index in [9.17, 15) is 19.2 Å². The number of rotatable bonds is 8. The van der Waals surface area contributed by atoms with Crippen LogP contribution < -0.4 is 20.7 Å². The SMILES string of the molecule is Nc1ncnc2c1c(-c1ccc(Oc3ccccc3)cc1)nn2C1CCCN(C2CN(C(=O)N3CC(N4CCN(c5ccc6c(c5)CN(C5CCC(=O)NC5=O)C6=O)CC4)C3)C2)C1. The van der Waals surface area contributed by atoms with Crippen molar-refractivity contribution in [3.63, 3.8) is 0 Å². The Morgan fingerprint density at radius 3 is 2.24 bits per heavy atom. The van der Waals surface area contributed by atoms with Crippen LogP contribution in [0.2, 0.25) is 0 Å². The number of fused-ring (bicyclic) bond motifs is 2. The van der Waals surface area contributed by atoms with E-state index in [-0.39, 0.29) is 30.3 Å². The van der Waals surface area contributed by atoms with Crippen LogP contribution in [0.3, 0.4) is 0 Å². The molecule has 2 unspecified atom stereocenters. The summed E-state index contributed by atoms with van der Waals surface area (Å²) in [5, 5.41) is 8.26. The standard InChI is InChI=1S/C46H50N12O5/c47-42-40-41(29-8-11-36(12-9-29)63-35-6-2-1-3-7-35)51-58(43(40)49-28-48-42)32-5-4-16-54(23-32)34-26-56(27-34)46(62)55-24-33(25-55)53-19-17-52(18-20-53)31-10-13-37-30(21-31)22-57(45(37)61)38-14-15-39(59)50-44(38)60/h1-3,6-13,21,28,32-34,38H,4-5,14-20,22-27H2,(H2,47,48,49)(H,50,59,60). The topological polar surface area (TPSA) is 179 Å². The molecule has 63 heavy (non-hydrogen) atoms. The summed E-state index contributed by atoms with van der Waals surface area (Å²) in [5.74, 6) is 1.07. The van der Waals surface area contributed by atoms with Gasteiger partial charge in [-0.2, -0.15) is 5.10 Å². The van der Waals surface area contributed by atoms with Gasteiger partial charge in [0, 0.05) is 101 Å². The van der Waals surface area contributed by atoms with Crippen molar-refractivity contribution < 1.29 is 23.9 Å². The largest absolute Gasteiger partial charge is 0.457 e. The van der Waals surface area contributed by atoms with Gasteiger partial charge in [-0.1, -0.05) is 18.2 Å². The minimum atomic E-state index is -0.617. The molecule has 17 heteroatoms. The van der Waals surface area contributed by atoms with Gasteiger partial charge in [0.2, 0.25) is 11.8 Å². The number of anilines is 2. The molecule has 3 N–H and O–H groups in total. The number of likely N-dealkylation sites (tertiary alicyclic amines) is 3. The number of urea groups is 1. The highest BCUT2D eigenvalue weighted by molar-refractivity contribution is 6.05. The number of carbonyl (C=O) groups excluding carboxylic acids is 4. The van der Waals surface area contributed by atoms with E-state index in [1.807, 2.05) is 81.2 Å². The van der Waals surface area contributed by atoms with Gasteiger partial charge in [0.25, 0.3) is 5.91 Å². The first-order valence-electron chi connectivity index (χ1n) is 22.1. The summed E-state index contributed by atoms with van der Waals surface area (Å²) in [6, 6.07) is 23.8. The van der Waals surface area contributed by atoms with Crippen molar-refractivity contribution >= 4 is 46.3 Å². The highest BCUT2D eigenvalue weighted by Gasteiger charge is 2.44. The molecule has 0 aliphatic carbocycles. The first kappa shape index (κ1) is 39.3. The van der Waals surface area contributed by atoms with Crippen LogP contribution in [0.4, 0.5) is 16.3 Å². The Hall–Kier alpha value is -6.59. The Morgan fingerprint density at radius 2 is 1.49 bits per heavy atom. The number of nitrogen functional groups attached to an aromatic ring is 1. The van der Waals surface area contributed by atoms with Gasteiger partial charge in [0.15, 0.2) is 5.65 Å². The smallest absolute Gasteiger partial charge is 0.320 e. The van der Waals surface area contributed by atoms with Crippen LogP contribution in [-0.4, -0.2) is 152 Å². The maximum atomic E-state index is 13.6. The fourth-order valence-corrected chi connectivity index (χ4v) is 10.3. The van der Waals surface area contributed by atoms with Gasteiger partial charge in [-0.25, -0.2) is 19.4 Å². The van der Waals surface area contributed by atoms with E-state index in [4.69, 9.17) is 15.6 Å². The quantitative estimate of drug-likeness (QED) is 0.217. The third kappa shape index (κ3) is 7.27. The van der Waals surface area contributed by atoms with Gasteiger partial charge in [0.1, 0.15) is 35.4 Å². The van der Waals surface area contributed by atoms with Crippen LogP contribution in [0, 0.1) is 0 Å². The summed E-state index contributed by atoms with van der Waals surface area (Å²) in [6.45, 7) is 8.60. The number of carbonyl (C=O) groups is 4. The molecular weight excluding hydrogens is 801 g/mol. The van der Waals surface area contributed by atoms with Crippen LogP contribution in [0.15, 0.2) is 79.1 Å². The van der Waals surface area contributed by atoms with Gasteiger partial charge in [-0.15, -0.1) is 0 Å². The summed E-state index contributed by atoms with van der Waals surface area (Å²) < 4.78 is 8.06. The number of imide groups is 1. The summed E-state index contributed by atoms with van der Waals surface area (Å²) in [7, 11) is 0. The monoisotopic (exact) mass is 850 g/mol. The lowest BCUT2D eigenvalue weighted by molar-refractivity contribution is -0.136. The van der Waals surface area contributed by atoms with Gasteiger partial charge in [-0.3, -0.25) is 29.5 Å². The molecule has 0 bridgehead atoms. The van der Waals surface area contributed by atoms with E-state index >= 15 is 0 Å². The number of benzene rings is 3. The van der Waals surface area contributed by atoms with E-state index in [0.717, 1.165) is 123 Å². The number of nitrogens with zero attached hydrogens (tertiary/aromatic N) is 10. The van der Waals surface area contributed by atoms with E-state index in [0.29, 0.717) is 36.4 Å². The molecule has 324 valence electrons. The molecule has 8 heterocycles. The number of nitrogens with one attached hydrogen (secondary N) is 1. The average molecular weight is 851 g/mol. The summed E-state index contributed by atoms with van der Waals surface area (Å²) >= 11 is 0. The maximum Gasteiger partial charge on any atom is 0.320 e. The first-order chi connectivity index (χ1) is 30.7. The average Bonchev–Trinajstić information content (AvgIpc) is 3.82.